The molecule has 0 aromatic heterocycles. The molecule has 1 aromatic carbocycles. The summed E-state index contributed by atoms with van der Waals surface area (Å²) < 4.78 is 22.8. The molecule has 6 nitrogen and oxygen atoms in total. The Morgan fingerprint density at radius 3 is 2.58 bits per heavy atom. The van der Waals surface area contributed by atoms with Crippen LogP contribution in [0.5, 0.6) is 0 Å². The first-order valence-corrected chi connectivity index (χ1v) is 7.45. The second-order valence-corrected chi connectivity index (χ2v) is 5.97. The van der Waals surface area contributed by atoms with E-state index in [-0.39, 0.29) is 16.7 Å². The first kappa shape index (κ1) is 15.6. The van der Waals surface area contributed by atoms with Crippen molar-refractivity contribution in [2.45, 2.75) is 25.2 Å². The fourth-order valence-electron chi connectivity index (χ4n) is 1.70. The number of nitrogens with one attached hydrogen (secondary N) is 1. The molecule has 0 saturated carbocycles. The molecule has 0 radical (unpaired) electrons. The molecule has 1 amide bonds. The van der Waals surface area contributed by atoms with Crippen LogP contribution in [0.1, 0.15) is 18.9 Å². The van der Waals surface area contributed by atoms with Gasteiger partial charge in [0, 0.05) is 11.6 Å². The molecule has 106 valence electrons. The van der Waals surface area contributed by atoms with Gasteiger partial charge in [0.15, 0.2) is 0 Å². The van der Waals surface area contributed by atoms with E-state index in [0.717, 1.165) is 0 Å². The van der Waals surface area contributed by atoms with E-state index in [1.165, 1.54) is 12.1 Å². The molecule has 19 heavy (non-hydrogen) atoms. The number of primary sulfonamides is 1. The van der Waals surface area contributed by atoms with Crippen molar-refractivity contribution in [1.82, 2.24) is 0 Å². The molecule has 0 aliphatic heterocycles. The van der Waals surface area contributed by atoms with Crippen molar-refractivity contribution in [2.75, 3.05) is 11.9 Å². The predicted octanol–water partition coefficient (Wildman–Crippen LogP) is 0.566. The van der Waals surface area contributed by atoms with Crippen LogP contribution in [-0.4, -0.2) is 20.9 Å². The number of carbonyl (C=O) groups excluding carboxylic acids is 1. The molecule has 1 aromatic rings. The minimum absolute atomic E-state index is 0.0109. The van der Waals surface area contributed by atoms with Gasteiger partial charge >= 0.3 is 0 Å². The maximum Gasteiger partial charge on any atom is 0.238 e. The van der Waals surface area contributed by atoms with E-state index in [1.807, 2.05) is 0 Å². The van der Waals surface area contributed by atoms with Crippen LogP contribution < -0.4 is 16.2 Å². The van der Waals surface area contributed by atoms with Crippen molar-refractivity contribution >= 4 is 21.6 Å². The van der Waals surface area contributed by atoms with E-state index in [2.05, 4.69) is 5.32 Å². The zero-order valence-corrected chi connectivity index (χ0v) is 11.8. The van der Waals surface area contributed by atoms with Gasteiger partial charge in [0.1, 0.15) is 0 Å². The van der Waals surface area contributed by atoms with Crippen LogP contribution in [0.15, 0.2) is 23.1 Å². The molecule has 1 unspecified atom stereocenters. The fraction of sp³-hybridized carbons (Fsp3) is 0.417. The van der Waals surface area contributed by atoms with Crippen molar-refractivity contribution in [3.05, 3.63) is 23.8 Å². The lowest BCUT2D eigenvalue weighted by molar-refractivity contribution is -0.119. The minimum atomic E-state index is -3.79. The average Bonchev–Trinajstić information content (AvgIpc) is 2.30. The molecule has 0 spiro atoms. The number of hydrogen-bond donors (Lipinski definition) is 3. The smallest absolute Gasteiger partial charge is 0.238 e. The van der Waals surface area contributed by atoms with Gasteiger partial charge in [-0.05, 0) is 37.6 Å². The van der Waals surface area contributed by atoms with Crippen molar-refractivity contribution in [2.24, 2.45) is 16.8 Å². The highest BCUT2D eigenvalue weighted by molar-refractivity contribution is 7.89. The molecular formula is C12H19N3O3S. The van der Waals surface area contributed by atoms with Crippen LogP contribution in [0, 0.1) is 12.8 Å². The zero-order chi connectivity index (χ0) is 14.6. The summed E-state index contributed by atoms with van der Waals surface area (Å²) in [4.78, 5) is 11.9. The molecule has 1 rings (SSSR count). The van der Waals surface area contributed by atoms with Crippen LogP contribution in [0.3, 0.4) is 0 Å². The Morgan fingerprint density at radius 2 is 2.05 bits per heavy atom. The zero-order valence-electron chi connectivity index (χ0n) is 11.0. The molecule has 0 saturated heterocycles. The van der Waals surface area contributed by atoms with E-state index in [4.69, 9.17) is 10.9 Å². The van der Waals surface area contributed by atoms with Crippen molar-refractivity contribution in [3.8, 4) is 0 Å². The van der Waals surface area contributed by atoms with Gasteiger partial charge in [-0.1, -0.05) is 13.0 Å². The van der Waals surface area contributed by atoms with Crippen LogP contribution in [0.4, 0.5) is 5.69 Å². The molecule has 7 heteroatoms. The SMILES string of the molecule is Cc1c(NC(=O)C(C)CCN)cccc1S(N)(=O)=O. The Kier molecular flexibility index (Phi) is 5.04. The summed E-state index contributed by atoms with van der Waals surface area (Å²) in [5.74, 6) is -0.428. The van der Waals surface area contributed by atoms with Gasteiger partial charge in [-0.15, -0.1) is 0 Å². The summed E-state index contributed by atoms with van der Waals surface area (Å²) in [6.45, 7) is 3.79. The number of hydrogen-bond acceptors (Lipinski definition) is 4. The Morgan fingerprint density at radius 1 is 1.42 bits per heavy atom. The Bertz CT molecular complexity index is 570. The maximum atomic E-state index is 11.9. The van der Waals surface area contributed by atoms with E-state index in [0.29, 0.717) is 24.2 Å². The Labute approximate surface area is 113 Å². The second-order valence-electron chi connectivity index (χ2n) is 4.44. The van der Waals surface area contributed by atoms with E-state index >= 15 is 0 Å². The number of nitrogens with two attached hydrogens (primary N) is 2. The lowest BCUT2D eigenvalue weighted by atomic mass is 10.1. The quantitative estimate of drug-likeness (QED) is 0.733. The third kappa shape index (κ3) is 4.02. The number of carbonyl (C=O) groups is 1. The lowest BCUT2D eigenvalue weighted by Crippen LogP contribution is -2.23. The van der Waals surface area contributed by atoms with E-state index in [1.54, 1.807) is 19.9 Å². The molecule has 0 bridgehead atoms. The number of sulfonamides is 1. The highest BCUT2D eigenvalue weighted by Crippen LogP contribution is 2.22. The maximum absolute atomic E-state index is 11.9. The predicted molar refractivity (Wildman–Crippen MR) is 74.0 cm³/mol. The van der Waals surface area contributed by atoms with Crippen molar-refractivity contribution in [1.29, 1.82) is 0 Å². The monoisotopic (exact) mass is 285 g/mol. The van der Waals surface area contributed by atoms with Crippen LogP contribution in [-0.2, 0) is 14.8 Å². The molecule has 1 atom stereocenters. The van der Waals surface area contributed by atoms with Gasteiger partial charge in [-0.2, -0.15) is 0 Å². The van der Waals surface area contributed by atoms with E-state index in [9.17, 15) is 13.2 Å². The highest BCUT2D eigenvalue weighted by Gasteiger charge is 2.17. The van der Waals surface area contributed by atoms with Gasteiger partial charge in [0.2, 0.25) is 15.9 Å². The van der Waals surface area contributed by atoms with Gasteiger partial charge in [0.05, 0.1) is 4.90 Å². The number of rotatable bonds is 5. The molecule has 0 aliphatic rings. The van der Waals surface area contributed by atoms with Gasteiger partial charge in [0.25, 0.3) is 0 Å². The number of benzene rings is 1. The van der Waals surface area contributed by atoms with Crippen molar-refractivity contribution in [3.63, 3.8) is 0 Å². The fourth-order valence-corrected chi connectivity index (χ4v) is 2.50. The molecule has 0 heterocycles. The molecular weight excluding hydrogens is 266 g/mol. The molecule has 0 aliphatic carbocycles. The minimum Gasteiger partial charge on any atom is -0.330 e. The van der Waals surface area contributed by atoms with Crippen LogP contribution >= 0.6 is 0 Å². The Hall–Kier alpha value is -1.44. The van der Waals surface area contributed by atoms with Crippen molar-refractivity contribution < 1.29 is 13.2 Å². The largest absolute Gasteiger partial charge is 0.330 e. The first-order chi connectivity index (χ1) is 8.77. The summed E-state index contributed by atoms with van der Waals surface area (Å²) in [7, 11) is -3.79. The standard InChI is InChI=1S/C12H19N3O3S/c1-8(6-7-13)12(16)15-10-4-3-5-11(9(10)2)19(14,17)18/h3-5,8H,6-7,13H2,1-2H3,(H,15,16)(H2,14,17,18). The lowest BCUT2D eigenvalue weighted by Gasteiger charge is -2.14. The number of anilines is 1. The summed E-state index contributed by atoms with van der Waals surface area (Å²) in [5, 5.41) is 7.80. The summed E-state index contributed by atoms with van der Waals surface area (Å²) in [5.41, 5.74) is 6.27. The van der Waals surface area contributed by atoms with Gasteiger partial charge in [-0.3, -0.25) is 4.79 Å². The Balaban J connectivity index is 3.01. The van der Waals surface area contributed by atoms with E-state index < -0.39 is 10.0 Å². The third-order valence-corrected chi connectivity index (χ3v) is 3.95. The topological polar surface area (TPSA) is 115 Å². The molecule has 5 N–H and O–H groups in total. The first-order valence-electron chi connectivity index (χ1n) is 5.90. The summed E-state index contributed by atoms with van der Waals surface area (Å²) in [6.07, 6.45) is 0.569. The summed E-state index contributed by atoms with van der Waals surface area (Å²) >= 11 is 0. The second kappa shape index (κ2) is 6.14. The third-order valence-electron chi connectivity index (χ3n) is 2.90. The van der Waals surface area contributed by atoms with Crippen LogP contribution in [0.2, 0.25) is 0 Å². The summed E-state index contributed by atoms with van der Waals surface area (Å²) in [6, 6.07) is 4.58. The van der Waals surface area contributed by atoms with Gasteiger partial charge in [-0.25, -0.2) is 13.6 Å². The number of amides is 1. The highest BCUT2D eigenvalue weighted by atomic mass is 32.2. The normalized spacial score (nSPS) is 13.1. The van der Waals surface area contributed by atoms with Gasteiger partial charge < -0.3 is 11.1 Å². The average molecular weight is 285 g/mol. The van der Waals surface area contributed by atoms with Crippen LogP contribution in [0.25, 0.3) is 0 Å². The molecule has 0 fully saturated rings.